The van der Waals surface area contributed by atoms with Crippen LogP contribution in [0.25, 0.3) is 11.1 Å². The molecule has 1 aliphatic rings. The number of carbonyl (C=O) groups is 2. The Morgan fingerprint density at radius 3 is 2.17 bits per heavy atom. The number of benzene rings is 3. The summed E-state index contributed by atoms with van der Waals surface area (Å²) in [5, 5.41) is 11.3. The molecule has 0 bridgehead atoms. The fourth-order valence-electron chi connectivity index (χ4n) is 3.62. The Hall–Kier alpha value is -3.26. The number of ether oxygens (including phenoxy) is 1. The molecule has 1 amide bonds. The van der Waals surface area contributed by atoms with Crippen molar-refractivity contribution in [3.63, 3.8) is 0 Å². The second kappa shape index (κ2) is 7.87. The maximum absolute atomic E-state index is 14.4. The number of fused-ring (bicyclic) bond motifs is 3. The van der Waals surface area contributed by atoms with E-state index in [0.29, 0.717) is 6.07 Å². The molecule has 1 aliphatic carbocycles. The lowest BCUT2D eigenvalue weighted by Gasteiger charge is -2.16. The van der Waals surface area contributed by atoms with Crippen molar-refractivity contribution in [3.05, 3.63) is 87.4 Å². The summed E-state index contributed by atoms with van der Waals surface area (Å²) in [5.41, 5.74) is 2.68. The number of carboxylic acids is 1. The minimum atomic E-state index is -1.59. The topological polar surface area (TPSA) is 75.6 Å². The Morgan fingerprint density at radius 1 is 1.03 bits per heavy atom. The standard InChI is InChI=1S/C22H14BrF2NO4/c23-18-17(24)9-15(21(27)28)20(19(18)25)26-22(29)30-10-16-13-7-3-1-5-11(13)12-6-2-4-8-14(12)16/h1-9,16H,10H2,(H,26,29)(H,27,28). The van der Waals surface area contributed by atoms with E-state index in [0.717, 1.165) is 22.3 Å². The number of nitrogens with one attached hydrogen (secondary N) is 1. The van der Waals surface area contributed by atoms with Crippen LogP contribution in [0.2, 0.25) is 0 Å². The molecule has 3 aromatic carbocycles. The molecule has 152 valence electrons. The molecule has 8 heteroatoms. The van der Waals surface area contributed by atoms with Crippen LogP contribution < -0.4 is 5.32 Å². The lowest BCUT2D eigenvalue weighted by Crippen LogP contribution is -2.20. The van der Waals surface area contributed by atoms with Crippen molar-refractivity contribution >= 4 is 33.7 Å². The summed E-state index contributed by atoms with van der Waals surface area (Å²) in [5.74, 6) is -4.13. The first-order valence-electron chi connectivity index (χ1n) is 8.91. The SMILES string of the molecule is O=C(Nc1c(C(=O)O)cc(F)c(Br)c1F)OCC1c2ccccc2-c2ccccc21. The van der Waals surface area contributed by atoms with Gasteiger partial charge in [0.05, 0.1) is 15.7 Å². The van der Waals surface area contributed by atoms with Crippen LogP contribution in [0.3, 0.4) is 0 Å². The van der Waals surface area contributed by atoms with E-state index in [-0.39, 0.29) is 12.5 Å². The molecule has 30 heavy (non-hydrogen) atoms. The van der Waals surface area contributed by atoms with Crippen LogP contribution in [0.5, 0.6) is 0 Å². The summed E-state index contributed by atoms with van der Waals surface area (Å²) in [7, 11) is 0. The number of hydrogen-bond donors (Lipinski definition) is 2. The Kier molecular flexibility index (Phi) is 5.26. The molecule has 0 aliphatic heterocycles. The molecule has 0 unspecified atom stereocenters. The van der Waals surface area contributed by atoms with Crippen molar-refractivity contribution in [2.24, 2.45) is 0 Å². The van der Waals surface area contributed by atoms with Crippen LogP contribution in [0, 0.1) is 11.6 Å². The Balaban J connectivity index is 1.56. The summed E-state index contributed by atoms with van der Waals surface area (Å²) in [4.78, 5) is 23.6. The Labute approximate surface area is 178 Å². The van der Waals surface area contributed by atoms with Gasteiger partial charge in [-0.2, -0.15) is 0 Å². The van der Waals surface area contributed by atoms with Gasteiger partial charge in [-0.1, -0.05) is 48.5 Å². The molecule has 0 radical (unpaired) electrons. The van der Waals surface area contributed by atoms with Crippen LogP contribution in [-0.2, 0) is 4.74 Å². The number of amides is 1. The first kappa shape index (κ1) is 20.0. The Morgan fingerprint density at radius 2 is 1.60 bits per heavy atom. The van der Waals surface area contributed by atoms with E-state index in [1.807, 2.05) is 48.5 Å². The molecular weight excluding hydrogens is 460 g/mol. The predicted octanol–water partition coefficient (Wildman–Crippen LogP) is 5.79. The van der Waals surface area contributed by atoms with Gasteiger partial charge in [0.1, 0.15) is 12.4 Å². The van der Waals surface area contributed by atoms with Gasteiger partial charge in [0.25, 0.3) is 0 Å². The quantitative estimate of drug-likeness (QED) is 0.470. The van der Waals surface area contributed by atoms with E-state index in [4.69, 9.17) is 4.74 Å². The van der Waals surface area contributed by atoms with Gasteiger partial charge in [0.15, 0.2) is 5.82 Å². The molecule has 0 aromatic heterocycles. The average molecular weight is 474 g/mol. The highest BCUT2D eigenvalue weighted by Crippen LogP contribution is 2.44. The van der Waals surface area contributed by atoms with Crippen molar-refractivity contribution in [2.45, 2.75) is 5.92 Å². The number of carbonyl (C=O) groups excluding carboxylic acids is 1. The van der Waals surface area contributed by atoms with E-state index in [1.165, 1.54) is 0 Å². The van der Waals surface area contributed by atoms with Gasteiger partial charge in [-0.05, 0) is 44.3 Å². The zero-order valence-electron chi connectivity index (χ0n) is 15.3. The number of halogens is 3. The largest absolute Gasteiger partial charge is 0.478 e. The fourth-order valence-corrected chi connectivity index (χ4v) is 3.94. The summed E-state index contributed by atoms with van der Waals surface area (Å²) < 4.78 is 32.7. The van der Waals surface area contributed by atoms with Crippen molar-refractivity contribution in [1.29, 1.82) is 0 Å². The van der Waals surface area contributed by atoms with Crippen molar-refractivity contribution < 1.29 is 28.2 Å². The second-order valence-corrected chi connectivity index (χ2v) is 7.46. The first-order chi connectivity index (χ1) is 14.4. The summed E-state index contributed by atoms with van der Waals surface area (Å²) in [6, 6.07) is 16.1. The van der Waals surface area contributed by atoms with E-state index < -0.39 is 39.4 Å². The van der Waals surface area contributed by atoms with Crippen molar-refractivity contribution in [2.75, 3.05) is 11.9 Å². The molecule has 5 nitrogen and oxygen atoms in total. The summed E-state index contributed by atoms with van der Waals surface area (Å²) in [6.45, 7) is -0.0355. The zero-order valence-corrected chi connectivity index (χ0v) is 16.9. The van der Waals surface area contributed by atoms with E-state index in [9.17, 15) is 23.5 Å². The average Bonchev–Trinajstić information content (AvgIpc) is 3.06. The van der Waals surface area contributed by atoms with Gasteiger partial charge in [-0.15, -0.1) is 0 Å². The highest BCUT2D eigenvalue weighted by atomic mass is 79.9. The molecule has 4 rings (SSSR count). The van der Waals surface area contributed by atoms with Gasteiger partial charge in [0, 0.05) is 5.92 Å². The number of hydrogen-bond acceptors (Lipinski definition) is 3. The van der Waals surface area contributed by atoms with Crippen LogP contribution in [0.4, 0.5) is 19.3 Å². The van der Waals surface area contributed by atoms with E-state index >= 15 is 0 Å². The number of aromatic carboxylic acids is 1. The number of rotatable bonds is 4. The molecule has 0 fully saturated rings. The van der Waals surface area contributed by atoms with Crippen LogP contribution >= 0.6 is 15.9 Å². The molecule has 3 aromatic rings. The summed E-state index contributed by atoms with van der Waals surface area (Å²) >= 11 is 2.70. The van der Waals surface area contributed by atoms with Gasteiger partial charge >= 0.3 is 12.1 Å². The second-order valence-electron chi connectivity index (χ2n) is 6.66. The predicted molar refractivity (Wildman–Crippen MR) is 110 cm³/mol. The molecule has 0 saturated heterocycles. The maximum atomic E-state index is 14.4. The third-order valence-electron chi connectivity index (χ3n) is 4.96. The maximum Gasteiger partial charge on any atom is 0.411 e. The van der Waals surface area contributed by atoms with E-state index in [2.05, 4.69) is 21.2 Å². The lowest BCUT2D eigenvalue weighted by atomic mass is 9.98. The third kappa shape index (κ3) is 3.43. The number of carboxylic acid groups (broad SMARTS) is 1. The van der Waals surface area contributed by atoms with Gasteiger partial charge in [0.2, 0.25) is 0 Å². The van der Waals surface area contributed by atoms with Gasteiger partial charge in [-0.25, -0.2) is 18.4 Å². The molecule has 0 saturated carbocycles. The van der Waals surface area contributed by atoms with Crippen molar-refractivity contribution in [3.8, 4) is 11.1 Å². The monoisotopic (exact) mass is 473 g/mol. The van der Waals surface area contributed by atoms with Crippen LogP contribution in [0.1, 0.15) is 27.4 Å². The molecule has 0 heterocycles. The van der Waals surface area contributed by atoms with E-state index in [1.54, 1.807) is 0 Å². The highest BCUT2D eigenvalue weighted by molar-refractivity contribution is 9.10. The van der Waals surface area contributed by atoms with Crippen molar-refractivity contribution in [1.82, 2.24) is 0 Å². The van der Waals surface area contributed by atoms with Gasteiger partial charge < -0.3 is 9.84 Å². The van der Waals surface area contributed by atoms with Crippen LogP contribution in [0.15, 0.2) is 59.1 Å². The highest BCUT2D eigenvalue weighted by Gasteiger charge is 2.29. The zero-order chi connectivity index (χ0) is 21.4. The van der Waals surface area contributed by atoms with Crippen LogP contribution in [-0.4, -0.2) is 23.8 Å². The fraction of sp³-hybridized carbons (Fsp3) is 0.0909. The molecule has 2 N–H and O–H groups in total. The van der Waals surface area contributed by atoms with Gasteiger partial charge in [-0.3, -0.25) is 5.32 Å². The summed E-state index contributed by atoms with van der Waals surface area (Å²) in [6.07, 6.45) is -1.04. The minimum Gasteiger partial charge on any atom is -0.478 e. The minimum absolute atomic E-state index is 0.0355. The normalized spacial score (nSPS) is 12.2. The molecular formula is C22H14BrF2NO4. The third-order valence-corrected chi connectivity index (χ3v) is 5.69. The molecule has 0 spiro atoms. The smallest absolute Gasteiger partial charge is 0.411 e. The Bertz CT molecular complexity index is 1140. The molecule has 0 atom stereocenters. The first-order valence-corrected chi connectivity index (χ1v) is 9.70. The number of anilines is 1. The lowest BCUT2D eigenvalue weighted by molar-refractivity contribution is 0.0697.